The van der Waals surface area contributed by atoms with Crippen molar-refractivity contribution in [1.29, 1.82) is 0 Å². The molecule has 0 radical (unpaired) electrons. The second-order valence-electron chi connectivity index (χ2n) is 4.37. The van der Waals surface area contributed by atoms with E-state index in [1.807, 2.05) is 30.3 Å². The largest absolute Gasteiger partial charge is 0.467 e. The number of hydrogen-bond donors (Lipinski definition) is 2. The number of ether oxygens (including phenoxy) is 2. The van der Waals surface area contributed by atoms with Crippen LogP contribution in [-0.2, 0) is 20.9 Å². The summed E-state index contributed by atoms with van der Waals surface area (Å²) in [5.74, 6) is -0.623. The van der Waals surface area contributed by atoms with Crippen LogP contribution in [0.5, 0.6) is 0 Å². The van der Waals surface area contributed by atoms with E-state index in [9.17, 15) is 14.7 Å². The fraction of sp³-hybridized carbons (Fsp3) is 0.429. The molecule has 1 aromatic rings. The van der Waals surface area contributed by atoms with Crippen molar-refractivity contribution in [2.75, 3.05) is 7.11 Å². The minimum atomic E-state index is -0.928. The van der Waals surface area contributed by atoms with Crippen LogP contribution in [0, 0.1) is 0 Å². The highest BCUT2D eigenvalue weighted by atomic mass is 16.6. The third-order valence-electron chi connectivity index (χ3n) is 2.57. The lowest BCUT2D eigenvalue weighted by Crippen LogP contribution is -2.43. The zero-order valence-electron chi connectivity index (χ0n) is 11.5. The van der Waals surface area contributed by atoms with Crippen LogP contribution in [0.4, 0.5) is 4.79 Å². The Bertz CT molecular complexity index is 432. The lowest BCUT2D eigenvalue weighted by atomic mass is 10.1. The number of nitrogens with one attached hydrogen (secondary N) is 1. The van der Waals surface area contributed by atoms with E-state index in [4.69, 9.17) is 4.74 Å². The number of esters is 1. The minimum absolute atomic E-state index is 0.0626. The van der Waals surface area contributed by atoms with E-state index in [-0.39, 0.29) is 13.0 Å². The first-order valence-corrected chi connectivity index (χ1v) is 6.26. The summed E-state index contributed by atoms with van der Waals surface area (Å²) in [4.78, 5) is 23.1. The third-order valence-corrected chi connectivity index (χ3v) is 2.57. The Morgan fingerprint density at radius 3 is 2.50 bits per heavy atom. The van der Waals surface area contributed by atoms with E-state index in [0.29, 0.717) is 0 Å². The molecule has 0 aliphatic rings. The molecule has 110 valence electrons. The van der Waals surface area contributed by atoms with Gasteiger partial charge < -0.3 is 19.9 Å². The predicted octanol–water partition coefficient (Wildman–Crippen LogP) is 1.23. The molecule has 6 heteroatoms. The van der Waals surface area contributed by atoms with Gasteiger partial charge in [-0.15, -0.1) is 0 Å². The second-order valence-corrected chi connectivity index (χ2v) is 4.37. The van der Waals surface area contributed by atoms with Gasteiger partial charge in [-0.1, -0.05) is 30.3 Å². The third kappa shape index (κ3) is 5.71. The van der Waals surface area contributed by atoms with Crippen LogP contribution in [0.15, 0.2) is 30.3 Å². The number of aliphatic hydroxyl groups excluding tert-OH is 1. The van der Waals surface area contributed by atoms with Gasteiger partial charge in [0.15, 0.2) is 0 Å². The van der Waals surface area contributed by atoms with Crippen molar-refractivity contribution >= 4 is 12.1 Å². The molecule has 1 rings (SSSR count). The zero-order valence-corrected chi connectivity index (χ0v) is 11.5. The normalized spacial score (nSPS) is 13.2. The molecule has 2 atom stereocenters. The fourth-order valence-electron chi connectivity index (χ4n) is 1.60. The van der Waals surface area contributed by atoms with Crippen molar-refractivity contribution in [2.45, 2.75) is 32.1 Å². The van der Waals surface area contributed by atoms with Crippen molar-refractivity contribution in [3.05, 3.63) is 35.9 Å². The lowest BCUT2D eigenvalue weighted by Gasteiger charge is -2.17. The maximum absolute atomic E-state index is 11.6. The van der Waals surface area contributed by atoms with Gasteiger partial charge in [0.1, 0.15) is 12.6 Å². The van der Waals surface area contributed by atoms with Crippen molar-refractivity contribution in [1.82, 2.24) is 5.32 Å². The highest BCUT2D eigenvalue weighted by Crippen LogP contribution is 2.03. The van der Waals surface area contributed by atoms with Crippen LogP contribution >= 0.6 is 0 Å². The maximum atomic E-state index is 11.6. The number of methoxy groups -OCH3 is 1. The topological polar surface area (TPSA) is 84.9 Å². The van der Waals surface area contributed by atoms with Crippen LogP contribution in [0.3, 0.4) is 0 Å². The number of benzene rings is 1. The van der Waals surface area contributed by atoms with Gasteiger partial charge >= 0.3 is 12.1 Å². The van der Waals surface area contributed by atoms with Crippen molar-refractivity contribution in [3.63, 3.8) is 0 Å². The Balaban J connectivity index is 2.47. The van der Waals surface area contributed by atoms with Gasteiger partial charge in [0.2, 0.25) is 0 Å². The summed E-state index contributed by atoms with van der Waals surface area (Å²) in [6, 6.07) is 8.24. The molecule has 0 bridgehead atoms. The average Bonchev–Trinajstić information content (AvgIpc) is 2.44. The molecule has 0 aromatic heterocycles. The van der Waals surface area contributed by atoms with Crippen LogP contribution < -0.4 is 5.32 Å². The monoisotopic (exact) mass is 281 g/mol. The summed E-state index contributed by atoms with van der Waals surface area (Å²) < 4.78 is 9.55. The van der Waals surface area contributed by atoms with Gasteiger partial charge in [0.25, 0.3) is 0 Å². The SMILES string of the molecule is COC(=O)[C@H](C[C@H](C)O)NC(=O)OCc1ccccc1. The number of carbonyl (C=O) groups excluding carboxylic acids is 2. The van der Waals surface area contributed by atoms with Crippen LogP contribution in [0.25, 0.3) is 0 Å². The van der Waals surface area contributed by atoms with E-state index in [1.54, 1.807) is 0 Å². The van der Waals surface area contributed by atoms with Crippen LogP contribution in [0.2, 0.25) is 0 Å². The molecule has 1 aromatic carbocycles. The molecule has 6 nitrogen and oxygen atoms in total. The van der Waals surface area contributed by atoms with Gasteiger partial charge in [-0.3, -0.25) is 0 Å². The first-order chi connectivity index (χ1) is 9.52. The highest BCUT2D eigenvalue weighted by molar-refractivity contribution is 5.81. The summed E-state index contributed by atoms with van der Waals surface area (Å²) in [7, 11) is 1.22. The van der Waals surface area contributed by atoms with E-state index < -0.39 is 24.2 Å². The van der Waals surface area contributed by atoms with Crippen molar-refractivity contribution < 1.29 is 24.2 Å². The molecule has 0 unspecified atom stereocenters. The molecular formula is C14H19NO5. The van der Waals surface area contributed by atoms with E-state index >= 15 is 0 Å². The lowest BCUT2D eigenvalue weighted by molar-refractivity contribution is -0.143. The molecule has 1 amide bonds. The average molecular weight is 281 g/mol. The first-order valence-electron chi connectivity index (χ1n) is 6.26. The number of amides is 1. The molecule has 20 heavy (non-hydrogen) atoms. The van der Waals surface area contributed by atoms with Gasteiger partial charge in [0.05, 0.1) is 13.2 Å². The minimum Gasteiger partial charge on any atom is -0.467 e. The summed E-state index contributed by atoms with van der Waals surface area (Å²) >= 11 is 0. The van der Waals surface area contributed by atoms with Crippen LogP contribution in [-0.4, -0.2) is 36.4 Å². The zero-order chi connectivity index (χ0) is 15.0. The molecule has 0 spiro atoms. The molecular weight excluding hydrogens is 262 g/mol. The van der Waals surface area contributed by atoms with Crippen molar-refractivity contribution in [3.8, 4) is 0 Å². The summed E-state index contributed by atoms with van der Waals surface area (Å²) in [5.41, 5.74) is 0.841. The summed E-state index contributed by atoms with van der Waals surface area (Å²) in [6.45, 7) is 1.63. The van der Waals surface area contributed by atoms with Gasteiger partial charge in [0, 0.05) is 6.42 Å². The van der Waals surface area contributed by atoms with E-state index in [0.717, 1.165) is 5.56 Å². The van der Waals surface area contributed by atoms with Gasteiger partial charge in [-0.25, -0.2) is 9.59 Å². The second kappa shape index (κ2) is 8.16. The smallest absolute Gasteiger partial charge is 0.408 e. The first kappa shape index (κ1) is 16.0. The summed E-state index contributed by atoms with van der Waals surface area (Å²) in [5, 5.41) is 11.7. The molecule has 0 fully saturated rings. The Labute approximate surface area is 117 Å². The molecule has 0 saturated carbocycles. The van der Waals surface area contributed by atoms with E-state index in [1.165, 1.54) is 14.0 Å². The molecule has 0 heterocycles. The number of alkyl carbamates (subject to hydrolysis) is 1. The molecule has 0 aliphatic heterocycles. The predicted molar refractivity (Wildman–Crippen MR) is 71.9 cm³/mol. The Morgan fingerprint density at radius 2 is 1.95 bits per heavy atom. The Kier molecular flexibility index (Phi) is 6.52. The Morgan fingerprint density at radius 1 is 1.30 bits per heavy atom. The Hall–Kier alpha value is -2.08. The number of rotatable bonds is 6. The molecule has 2 N–H and O–H groups in total. The standard InChI is InChI=1S/C14H19NO5/c1-10(16)8-12(13(17)19-2)15-14(18)20-9-11-6-4-3-5-7-11/h3-7,10,12,16H,8-9H2,1-2H3,(H,15,18)/t10-,12-/m0/s1. The molecule has 0 saturated heterocycles. The number of carbonyl (C=O) groups is 2. The quantitative estimate of drug-likeness (QED) is 0.766. The van der Waals surface area contributed by atoms with E-state index in [2.05, 4.69) is 10.1 Å². The van der Waals surface area contributed by atoms with Gasteiger partial charge in [-0.2, -0.15) is 0 Å². The fourth-order valence-corrected chi connectivity index (χ4v) is 1.60. The van der Waals surface area contributed by atoms with Crippen molar-refractivity contribution in [2.24, 2.45) is 0 Å². The highest BCUT2D eigenvalue weighted by Gasteiger charge is 2.23. The summed E-state index contributed by atoms with van der Waals surface area (Å²) in [6.07, 6.45) is -1.41. The number of hydrogen-bond acceptors (Lipinski definition) is 5. The number of aliphatic hydroxyl groups is 1. The van der Waals surface area contributed by atoms with Gasteiger partial charge in [-0.05, 0) is 12.5 Å². The van der Waals surface area contributed by atoms with Crippen LogP contribution in [0.1, 0.15) is 18.9 Å². The molecule has 0 aliphatic carbocycles. The maximum Gasteiger partial charge on any atom is 0.408 e.